The molecular formula is C15H33N3. The summed E-state index contributed by atoms with van der Waals surface area (Å²) >= 11 is 0. The van der Waals surface area contributed by atoms with Gasteiger partial charge in [-0.2, -0.15) is 0 Å². The van der Waals surface area contributed by atoms with Crippen molar-refractivity contribution in [3.8, 4) is 0 Å². The molecule has 0 saturated carbocycles. The second-order valence-electron chi connectivity index (χ2n) is 5.42. The van der Waals surface area contributed by atoms with Crippen LogP contribution < -0.4 is 10.6 Å². The van der Waals surface area contributed by atoms with Gasteiger partial charge in [0.05, 0.1) is 0 Å². The first kappa shape index (κ1) is 15.9. The van der Waals surface area contributed by atoms with E-state index in [2.05, 4.69) is 29.4 Å². The molecule has 1 rings (SSSR count). The molecule has 108 valence electrons. The van der Waals surface area contributed by atoms with Gasteiger partial charge in [-0.15, -0.1) is 0 Å². The van der Waals surface area contributed by atoms with Gasteiger partial charge in [0.15, 0.2) is 0 Å². The van der Waals surface area contributed by atoms with E-state index in [0.29, 0.717) is 0 Å². The molecule has 0 aliphatic carbocycles. The topological polar surface area (TPSA) is 27.3 Å². The van der Waals surface area contributed by atoms with E-state index in [4.69, 9.17) is 0 Å². The third-order valence-electron chi connectivity index (χ3n) is 4.05. The summed E-state index contributed by atoms with van der Waals surface area (Å²) in [5, 5.41) is 7.19. The molecule has 0 radical (unpaired) electrons. The van der Waals surface area contributed by atoms with Crippen LogP contribution in [0.3, 0.4) is 0 Å². The number of hydrogen-bond donors (Lipinski definition) is 2. The molecule has 0 aromatic rings. The summed E-state index contributed by atoms with van der Waals surface area (Å²) in [5.74, 6) is 0. The molecule has 1 unspecified atom stereocenters. The Labute approximate surface area is 114 Å². The minimum atomic E-state index is 0.780. The van der Waals surface area contributed by atoms with Gasteiger partial charge >= 0.3 is 0 Å². The van der Waals surface area contributed by atoms with Crippen molar-refractivity contribution in [3.63, 3.8) is 0 Å². The molecule has 0 amide bonds. The third-order valence-corrected chi connectivity index (χ3v) is 4.05. The summed E-state index contributed by atoms with van der Waals surface area (Å²) < 4.78 is 0. The van der Waals surface area contributed by atoms with E-state index in [1.165, 1.54) is 77.8 Å². The Kier molecular flexibility index (Phi) is 9.54. The van der Waals surface area contributed by atoms with Gasteiger partial charge in [0.1, 0.15) is 0 Å². The van der Waals surface area contributed by atoms with Crippen LogP contribution in [-0.4, -0.2) is 50.2 Å². The van der Waals surface area contributed by atoms with Crippen LogP contribution in [0.25, 0.3) is 0 Å². The lowest BCUT2D eigenvalue weighted by molar-refractivity contribution is 0.296. The standard InChI is InChI=1S/C15H33N3/c1-3-18(4-2)14-8-7-11-16-13-10-15-9-5-6-12-17-15/h15-17H,3-14H2,1-2H3. The Bertz CT molecular complexity index is 175. The van der Waals surface area contributed by atoms with Gasteiger partial charge in [-0.1, -0.05) is 20.3 Å². The lowest BCUT2D eigenvalue weighted by Crippen LogP contribution is -2.36. The fourth-order valence-corrected chi connectivity index (χ4v) is 2.70. The van der Waals surface area contributed by atoms with E-state index in [0.717, 1.165) is 6.04 Å². The van der Waals surface area contributed by atoms with Crippen LogP contribution in [0.15, 0.2) is 0 Å². The molecule has 0 aromatic carbocycles. The number of piperidine rings is 1. The molecule has 18 heavy (non-hydrogen) atoms. The fourth-order valence-electron chi connectivity index (χ4n) is 2.70. The molecule has 0 aromatic heterocycles. The summed E-state index contributed by atoms with van der Waals surface area (Å²) in [4.78, 5) is 2.51. The summed E-state index contributed by atoms with van der Waals surface area (Å²) in [6.07, 6.45) is 8.11. The monoisotopic (exact) mass is 255 g/mol. The number of unbranched alkanes of at least 4 members (excludes halogenated alkanes) is 1. The van der Waals surface area contributed by atoms with Crippen LogP contribution >= 0.6 is 0 Å². The number of nitrogens with one attached hydrogen (secondary N) is 2. The molecular weight excluding hydrogens is 222 g/mol. The van der Waals surface area contributed by atoms with Crippen molar-refractivity contribution in [2.24, 2.45) is 0 Å². The Hall–Kier alpha value is -0.120. The van der Waals surface area contributed by atoms with E-state index < -0.39 is 0 Å². The largest absolute Gasteiger partial charge is 0.317 e. The van der Waals surface area contributed by atoms with Gasteiger partial charge in [-0.3, -0.25) is 0 Å². The van der Waals surface area contributed by atoms with E-state index >= 15 is 0 Å². The van der Waals surface area contributed by atoms with Gasteiger partial charge in [-0.05, 0) is 71.4 Å². The third kappa shape index (κ3) is 7.34. The average molecular weight is 255 g/mol. The van der Waals surface area contributed by atoms with Crippen LogP contribution in [0.5, 0.6) is 0 Å². The van der Waals surface area contributed by atoms with Gasteiger partial charge in [0.2, 0.25) is 0 Å². The van der Waals surface area contributed by atoms with E-state index in [1.807, 2.05) is 0 Å². The maximum absolute atomic E-state index is 3.60. The van der Waals surface area contributed by atoms with Crippen molar-refractivity contribution in [2.45, 2.75) is 58.4 Å². The molecule has 3 heteroatoms. The van der Waals surface area contributed by atoms with Gasteiger partial charge in [-0.25, -0.2) is 0 Å². The van der Waals surface area contributed by atoms with Crippen LogP contribution in [0, 0.1) is 0 Å². The number of nitrogens with zero attached hydrogens (tertiary/aromatic N) is 1. The van der Waals surface area contributed by atoms with Crippen molar-refractivity contribution in [1.82, 2.24) is 15.5 Å². The maximum atomic E-state index is 3.60. The molecule has 3 nitrogen and oxygen atoms in total. The van der Waals surface area contributed by atoms with Crippen molar-refractivity contribution in [2.75, 3.05) is 39.3 Å². The molecule has 0 spiro atoms. The summed E-state index contributed by atoms with van der Waals surface area (Å²) in [6.45, 7) is 11.7. The second-order valence-corrected chi connectivity index (χ2v) is 5.42. The summed E-state index contributed by atoms with van der Waals surface area (Å²) in [6, 6.07) is 0.780. The van der Waals surface area contributed by atoms with Crippen molar-refractivity contribution in [3.05, 3.63) is 0 Å². The predicted molar refractivity (Wildman–Crippen MR) is 80.2 cm³/mol. The van der Waals surface area contributed by atoms with E-state index in [-0.39, 0.29) is 0 Å². The fraction of sp³-hybridized carbons (Fsp3) is 1.00. The van der Waals surface area contributed by atoms with Crippen molar-refractivity contribution >= 4 is 0 Å². The molecule has 1 fully saturated rings. The average Bonchev–Trinajstić information content (AvgIpc) is 2.43. The molecule has 1 saturated heterocycles. The SMILES string of the molecule is CCN(CC)CCCCNCCC1CCCCN1. The van der Waals surface area contributed by atoms with Crippen molar-refractivity contribution in [1.29, 1.82) is 0 Å². The highest BCUT2D eigenvalue weighted by Gasteiger charge is 2.11. The van der Waals surface area contributed by atoms with Gasteiger partial charge < -0.3 is 15.5 Å². The highest BCUT2D eigenvalue weighted by atomic mass is 15.1. The molecule has 1 aliphatic rings. The molecule has 1 atom stereocenters. The molecule has 2 N–H and O–H groups in total. The lowest BCUT2D eigenvalue weighted by Gasteiger charge is -2.23. The molecule has 1 heterocycles. The number of rotatable bonds is 10. The van der Waals surface area contributed by atoms with Crippen LogP contribution in [-0.2, 0) is 0 Å². The zero-order valence-electron chi connectivity index (χ0n) is 12.5. The molecule has 0 bridgehead atoms. The first-order valence-corrected chi connectivity index (χ1v) is 8.03. The minimum Gasteiger partial charge on any atom is -0.317 e. The summed E-state index contributed by atoms with van der Waals surface area (Å²) in [5.41, 5.74) is 0. The number of hydrogen-bond acceptors (Lipinski definition) is 3. The highest BCUT2D eigenvalue weighted by molar-refractivity contribution is 4.72. The Morgan fingerprint density at radius 3 is 2.61 bits per heavy atom. The van der Waals surface area contributed by atoms with Crippen molar-refractivity contribution < 1.29 is 0 Å². The van der Waals surface area contributed by atoms with Crippen LogP contribution in [0.2, 0.25) is 0 Å². The Morgan fingerprint density at radius 1 is 1.11 bits per heavy atom. The zero-order valence-corrected chi connectivity index (χ0v) is 12.5. The van der Waals surface area contributed by atoms with E-state index in [1.54, 1.807) is 0 Å². The van der Waals surface area contributed by atoms with E-state index in [9.17, 15) is 0 Å². The highest BCUT2D eigenvalue weighted by Crippen LogP contribution is 2.09. The maximum Gasteiger partial charge on any atom is 0.00791 e. The zero-order chi connectivity index (χ0) is 13.1. The lowest BCUT2D eigenvalue weighted by atomic mass is 10.0. The van der Waals surface area contributed by atoms with Crippen LogP contribution in [0.4, 0.5) is 0 Å². The van der Waals surface area contributed by atoms with Crippen LogP contribution in [0.1, 0.15) is 52.4 Å². The normalized spacial score (nSPS) is 20.5. The van der Waals surface area contributed by atoms with Gasteiger partial charge in [0, 0.05) is 6.04 Å². The first-order chi connectivity index (χ1) is 8.86. The minimum absolute atomic E-state index is 0.780. The Morgan fingerprint density at radius 2 is 1.94 bits per heavy atom. The first-order valence-electron chi connectivity index (χ1n) is 8.03. The van der Waals surface area contributed by atoms with Gasteiger partial charge in [0.25, 0.3) is 0 Å². The summed E-state index contributed by atoms with van der Waals surface area (Å²) in [7, 11) is 0. The quantitative estimate of drug-likeness (QED) is 0.586. The predicted octanol–water partition coefficient (Wildman–Crippen LogP) is 2.23. The Balaban J connectivity index is 1.83. The second kappa shape index (κ2) is 10.8. The molecule has 1 aliphatic heterocycles. The smallest absolute Gasteiger partial charge is 0.00791 e.